The van der Waals surface area contributed by atoms with Crippen LogP contribution < -0.4 is 5.32 Å². The second-order valence-corrected chi connectivity index (χ2v) is 5.41. The Balaban J connectivity index is 2.24. The first-order valence-electron chi connectivity index (χ1n) is 6.66. The molecular formula is C14H22FN3O. The molecule has 0 radical (unpaired) electrons. The van der Waals surface area contributed by atoms with Crippen molar-refractivity contribution >= 4 is 0 Å². The van der Waals surface area contributed by atoms with Crippen molar-refractivity contribution in [2.75, 3.05) is 33.4 Å². The van der Waals surface area contributed by atoms with Crippen LogP contribution in [0.1, 0.15) is 25.5 Å². The number of ether oxygens (including phenoxy) is 1. The van der Waals surface area contributed by atoms with Gasteiger partial charge in [-0.05, 0) is 32.5 Å². The molecule has 1 atom stereocenters. The highest BCUT2D eigenvalue weighted by atomic mass is 19.1. The topological polar surface area (TPSA) is 37.4 Å². The molecule has 2 heterocycles. The zero-order valence-electron chi connectivity index (χ0n) is 11.8. The van der Waals surface area contributed by atoms with Crippen molar-refractivity contribution in [3.8, 4) is 0 Å². The number of hydrogen-bond donors (Lipinski definition) is 1. The molecule has 0 aromatic carbocycles. The Bertz CT molecular complexity index is 419. The maximum Gasteiger partial charge on any atom is 0.141 e. The van der Waals surface area contributed by atoms with E-state index in [4.69, 9.17) is 4.74 Å². The molecule has 19 heavy (non-hydrogen) atoms. The summed E-state index contributed by atoms with van der Waals surface area (Å²) in [5.41, 5.74) is 0.743. The third-order valence-electron chi connectivity index (χ3n) is 3.88. The molecule has 0 saturated carbocycles. The van der Waals surface area contributed by atoms with Crippen LogP contribution >= 0.6 is 0 Å². The highest BCUT2D eigenvalue weighted by Crippen LogP contribution is 2.31. The maximum absolute atomic E-state index is 13.4. The predicted octanol–water partition coefficient (Wildman–Crippen LogP) is 1.59. The third-order valence-corrected chi connectivity index (χ3v) is 3.88. The molecular weight excluding hydrogens is 245 g/mol. The molecule has 1 N–H and O–H groups in total. The molecule has 1 saturated heterocycles. The molecule has 1 fully saturated rings. The first-order valence-corrected chi connectivity index (χ1v) is 6.66. The van der Waals surface area contributed by atoms with Gasteiger partial charge in [-0.25, -0.2) is 4.39 Å². The normalized spacial score (nSPS) is 19.4. The van der Waals surface area contributed by atoms with Gasteiger partial charge in [-0.15, -0.1) is 0 Å². The fourth-order valence-corrected chi connectivity index (χ4v) is 2.84. The lowest BCUT2D eigenvalue weighted by Gasteiger charge is -2.45. The molecule has 2 rings (SSSR count). The average Bonchev–Trinajstić information content (AvgIpc) is 2.40. The highest BCUT2D eigenvalue weighted by Gasteiger charge is 2.36. The van der Waals surface area contributed by atoms with E-state index in [-0.39, 0.29) is 17.4 Å². The smallest absolute Gasteiger partial charge is 0.141 e. The molecule has 1 aromatic heterocycles. The predicted molar refractivity (Wildman–Crippen MR) is 72.5 cm³/mol. The number of rotatable bonds is 4. The van der Waals surface area contributed by atoms with Gasteiger partial charge in [0, 0.05) is 24.8 Å². The van der Waals surface area contributed by atoms with E-state index in [1.165, 1.54) is 6.20 Å². The van der Waals surface area contributed by atoms with E-state index < -0.39 is 0 Å². The Morgan fingerprint density at radius 2 is 2.05 bits per heavy atom. The van der Waals surface area contributed by atoms with E-state index in [0.29, 0.717) is 0 Å². The van der Waals surface area contributed by atoms with Gasteiger partial charge in [0.05, 0.1) is 25.5 Å². The number of morpholine rings is 1. The third kappa shape index (κ3) is 3.11. The average molecular weight is 267 g/mol. The van der Waals surface area contributed by atoms with E-state index in [2.05, 4.69) is 29.0 Å². The van der Waals surface area contributed by atoms with Crippen LogP contribution in [0.25, 0.3) is 0 Å². The van der Waals surface area contributed by atoms with Gasteiger partial charge in [0.15, 0.2) is 0 Å². The molecule has 106 valence electrons. The van der Waals surface area contributed by atoms with E-state index >= 15 is 0 Å². The molecule has 0 bridgehead atoms. The number of likely N-dealkylation sites (N-methyl/N-ethyl adjacent to an activating group) is 1. The van der Waals surface area contributed by atoms with Gasteiger partial charge < -0.3 is 10.1 Å². The zero-order chi connectivity index (χ0) is 13.9. The van der Waals surface area contributed by atoms with Crippen LogP contribution in [0.2, 0.25) is 0 Å². The lowest BCUT2D eigenvalue weighted by Crippen LogP contribution is -2.55. The van der Waals surface area contributed by atoms with Gasteiger partial charge in [-0.3, -0.25) is 9.88 Å². The number of halogens is 1. The summed E-state index contributed by atoms with van der Waals surface area (Å²) >= 11 is 0. The summed E-state index contributed by atoms with van der Waals surface area (Å²) in [4.78, 5) is 6.33. The number of hydrogen-bond acceptors (Lipinski definition) is 4. The molecule has 0 spiro atoms. The SMILES string of the molecule is CNC(c1cncc(F)c1)C(C)(C)N1CCOCC1. The Morgan fingerprint density at radius 3 is 2.63 bits per heavy atom. The molecule has 1 unspecified atom stereocenters. The number of aromatic nitrogens is 1. The van der Waals surface area contributed by atoms with Gasteiger partial charge >= 0.3 is 0 Å². The molecule has 1 aliphatic rings. The van der Waals surface area contributed by atoms with Crippen LogP contribution in [0.15, 0.2) is 18.5 Å². The molecule has 4 nitrogen and oxygen atoms in total. The Kier molecular flexibility index (Phi) is 4.50. The summed E-state index contributed by atoms with van der Waals surface area (Å²) in [5, 5.41) is 3.29. The minimum Gasteiger partial charge on any atom is -0.379 e. The van der Waals surface area contributed by atoms with Gasteiger partial charge in [0.25, 0.3) is 0 Å². The fraction of sp³-hybridized carbons (Fsp3) is 0.643. The zero-order valence-corrected chi connectivity index (χ0v) is 11.8. The Morgan fingerprint density at radius 1 is 1.37 bits per heavy atom. The number of pyridine rings is 1. The number of nitrogens with zero attached hydrogens (tertiary/aromatic N) is 2. The van der Waals surface area contributed by atoms with Gasteiger partial charge in [0.2, 0.25) is 0 Å². The van der Waals surface area contributed by atoms with Crippen LogP contribution in [-0.4, -0.2) is 48.8 Å². The van der Waals surface area contributed by atoms with E-state index in [9.17, 15) is 4.39 Å². The maximum atomic E-state index is 13.4. The summed E-state index contributed by atoms with van der Waals surface area (Å²) < 4.78 is 18.8. The van der Waals surface area contributed by atoms with Crippen molar-refractivity contribution in [1.29, 1.82) is 0 Å². The fourth-order valence-electron chi connectivity index (χ4n) is 2.84. The Labute approximate surface area is 114 Å². The standard InChI is InChI=1S/C14H22FN3O/c1-14(2,18-4-6-19-7-5-18)13(16-3)11-8-12(15)10-17-9-11/h8-10,13,16H,4-7H2,1-3H3. The minimum atomic E-state index is -0.296. The minimum absolute atomic E-state index is 0.0220. The Hall–Kier alpha value is -1.04. The summed E-state index contributed by atoms with van der Waals surface area (Å²) in [6.07, 6.45) is 2.96. The molecule has 0 amide bonds. The highest BCUT2D eigenvalue weighted by molar-refractivity contribution is 5.19. The van der Waals surface area contributed by atoms with Gasteiger partial charge in [-0.2, -0.15) is 0 Å². The van der Waals surface area contributed by atoms with Crippen molar-refractivity contribution in [2.45, 2.75) is 25.4 Å². The largest absolute Gasteiger partial charge is 0.379 e. The van der Waals surface area contributed by atoms with Crippen LogP contribution in [0.4, 0.5) is 4.39 Å². The van der Waals surface area contributed by atoms with Gasteiger partial charge in [0.1, 0.15) is 5.82 Å². The lowest BCUT2D eigenvalue weighted by atomic mass is 9.87. The summed E-state index contributed by atoms with van der Waals surface area (Å²) in [6, 6.07) is 1.57. The van der Waals surface area contributed by atoms with Crippen LogP contribution in [-0.2, 0) is 4.74 Å². The molecule has 0 aliphatic carbocycles. The summed E-state index contributed by atoms with van der Waals surface area (Å²) in [6.45, 7) is 7.64. The molecule has 1 aromatic rings. The van der Waals surface area contributed by atoms with Gasteiger partial charge in [-0.1, -0.05) is 0 Å². The summed E-state index contributed by atoms with van der Waals surface area (Å²) in [7, 11) is 1.90. The van der Waals surface area contributed by atoms with E-state index in [0.717, 1.165) is 31.9 Å². The second-order valence-electron chi connectivity index (χ2n) is 5.41. The van der Waals surface area contributed by atoms with Crippen molar-refractivity contribution in [1.82, 2.24) is 15.2 Å². The summed E-state index contributed by atoms with van der Waals surface area (Å²) in [5.74, 6) is -0.296. The second kappa shape index (κ2) is 5.94. The van der Waals surface area contributed by atoms with Crippen LogP contribution in [0, 0.1) is 5.82 Å². The van der Waals surface area contributed by atoms with E-state index in [1.54, 1.807) is 12.3 Å². The van der Waals surface area contributed by atoms with E-state index in [1.807, 2.05) is 7.05 Å². The van der Waals surface area contributed by atoms with Crippen LogP contribution in [0.3, 0.4) is 0 Å². The van der Waals surface area contributed by atoms with Crippen LogP contribution in [0.5, 0.6) is 0 Å². The van der Waals surface area contributed by atoms with Crippen molar-refractivity contribution in [2.24, 2.45) is 0 Å². The monoisotopic (exact) mass is 267 g/mol. The number of nitrogens with one attached hydrogen (secondary N) is 1. The quantitative estimate of drug-likeness (QED) is 0.899. The van der Waals surface area contributed by atoms with Crippen molar-refractivity contribution in [3.63, 3.8) is 0 Å². The molecule has 1 aliphatic heterocycles. The lowest BCUT2D eigenvalue weighted by molar-refractivity contribution is -0.0229. The first-order chi connectivity index (χ1) is 9.05. The van der Waals surface area contributed by atoms with Crippen molar-refractivity contribution in [3.05, 3.63) is 29.8 Å². The molecule has 5 heteroatoms. The first kappa shape index (κ1) is 14.4. The van der Waals surface area contributed by atoms with Crippen molar-refractivity contribution < 1.29 is 9.13 Å².